The largest absolute Gasteiger partial charge is 0.444 e. The molecule has 1 amide bonds. The molecule has 0 aliphatic carbocycles. The van der Waals surface area contributed by atoms with Gasteiger partial charge in [0.15, 0.2) is 0 Å². The first kappa shape index (κ1) is 18.8. The van der Waals surface area contributed by atoms with Crippen molar-refractivity contribution >= 4 is 17.9 Å². The van der Waals surface area contributed by atoms with Crippen LogP contribution in [0.3, 0.4) is 0 Å². The molecule has 0 aliphatic heterocycles. The summed E-state index contributed by atoms with van der Waals surface area (Å²) in [6, 6.07) is 0. The number of carbonyl (C=O) groups excluding carboxylic acids is 1. The zero-order valence-corrected chi connectivity index (χ0v) is 13.1. The molecule has 10 heteroatoms. The smallest absolute Gasteiger partial charge is 0.421 e. The summed E-state index contributed by atoms with van der Waals surface area (Å²) < 4.78 is 43.9. The van der Waals surface area contributed by atoms with Gasteiger partial charge < -0.3 is 21.5 Å². The maximum atomic E-state index is 13.0. The van der Waals surface area contributed by atoms with E-state index >= 15 is 0 Å². The van der Waals surface area contributed by atoms with E-state index in [4.69, 9.17) is 16.2 Å². The van der Waals surface area contributed by atoms with Gasteiger partial charge in [0.05, 0.1) is 5.69 Å². The van der Waals surface area contributed by atoms with Gasteiger partial charge in [0.2, 0.25) is 5.95 Å². The Morgan fingerprint density at radius 3 is 2.35 bits per heavy atom. The van der Waals surface area contributed by atoms with E-state index in [1.807, 2.05) is 0 Å². The highest BCUT2D eigenvalue weighted by molar-refractivity contribution is 5.67. The molecule has 0 radical (unpaired) electrons. The molecule has 0 unspecified atom stereocenters. The van der Waals surface area contributed by atoms with E-state index in [2.05, 4.69) is 15.3 Å². The van der Waals surface area contributed by atoms with Crippen molar-refractivity contribution in [3.05, 3.63) is 11.3 Å². The number of hydrogen-bond donors (Lipinski definition) is 3. The van der Waals surface area contributed by atoms with Crippen molar-refractivity contribution < 1.29 is 22.7 Å². The van der Waals surface area contributed by atoms with Gasteiger partial charge in [-0.05, 0) is 33.6 Å². The molecule has 0 atom stereocenters. The van der Waals surface area contributed by atoms with Crippen molar-refractivity contribution in [2.75, 3.05) is 18.0 Å². The van der Waals surface area contributed by atoms with Gasteiger partial charge in [0.25, 0.3) is 0 Å². The molecule has 0 aromatic carbocycles. The minimum absolute atomic E-state index is 0.0679. The van der Waals surface area contributed by atoms with Crippen molar-refractivity contribution in [3.8, 4) is 0 Å². The summed E-state index contributed by atoms with van der Waals surface area (Å²) in [7, 11) is 0. The molecule has 130 valence electrons. The van der Waals surface area contributed by atoms with Crippen molar-refractivity contribution in [2.45, 2.75) is 45.4 Å². The number of aryl methyl sites for hydroxylation is 1. The van der Waals surface area contributed by atoms with Crippen LogP contribution in [-0.2, 0) is 17.3 Å². The normalized spacial score (nSPS) is 12.1. The van der Waals surface area contributed by atoms with Crippen LogP contribution in [0.15, 0.2) is 0 Å². The Bertz CT molecular complexity index is 570. The number of nitrogens with two attached hydrogens (primary N) is 2. The van der Waals surface area contributed by atoms with Crippen molar-refractivity contribution in [2.24, 2.45) is 0 Å². The number of rotatable bonds is 4. The highest BCUT2D eigenvalue weighted by Gasteiger charge is 2.37. The second-order valence-corrected chi connectivity index (χ2v) is 5.82. The van der Waals surface area contributed by atoms with Crippen molar-refractivity contribution in [3.63, 3.8) is 0 Å². The first-order valence-electron chi connectivity index (χ1n) is 6.86. The summed E-state index contributed by atoms with van der Waals surface area (Å²) in [5.74, 6) is -1.04. The minimum Gasteiger partial charge on any atom is -0.444 e. The molecule has 0 bridgehead atoms. The summed E-state index contributed by atoms with van der Waals surface area (Å²) in [4.78, 5) is 18.4. The molecular formula is C13H20F3N5O2. The molecule has 1 aromatic rings. The second-order valence-electron chi connectivity index (χ2n) is 5.82. The lowest BCUT2D eigenvalue weighted by Gasteiger charge is -2.19. The highest BCUT2D eigenvalue weighted by Crippen LogP contribution is 2.35. The lowest BCUT2D eigenvalue weighted by atomic mass is 10.1. The molecule has 0 aliphatic rings. The predicted molar refractivity (Wildman–Crippen MR) is 78.4 cm³/mol. The van der Waals surface area contributed by atoms with E-state index in [0.29, 0.717) is 0 Å². The number of ether oxygens (including phenoxy) is 1. The number of nitrogens with one attached hydrogen (secondary N) is 1. The van der Waals surface area contributed by atoms with Gasteiger partial charge in [-0.25, -0.2) is 9.78 Å². The molecule has 0 saturated carbocycles. The van der Waals surface area contributed by atoms with Crippen LogP contribution in [0.2, 0.25) is 0 Å². The van der Waals surface area contributed by atoms with E-state index in [0.717, 1.165) is 0 Å². The van der Waals surface area contributed by atoms with E-state index < -0.39 is 29.3 Å². The Kier molecular flexibility index (Phi) is 5.62. The molecule has 1 rings (SSSR count). The average Bonchev–Trinajstić information content (AvgIpc) is 2.29. The molecule has 5 N–H and O–H groups in total. The van der Waals surface area contributed by atoms with E-state index in [1.165, 1.54) is 0 Å². The third-order valence-electron chi connectivity index (χ3n) is 2.57. The number of nitrogens with zero attached hydrogens (tertiary/aromatic N) is 2. The van der Waals surface area contributed by atoms with E-state index in [-0.39, 0.29) is 31.0 Å². The molecular weight excluding hydrogens is 315 g/mol. The van der Waals surface area contributed by atoms with Crippen molar-refractivity contribution in [1.29, 1.82) is 0 Å². The third kappa shape index (κ3) is 6.17. The van der Waals surface area contributed by atoms with Crippen LogP contribution in [0.1, 0.15) is 38.4 Å². The van der Waals surface area contributed by atoms with Gasteiger partial charge in [-0.1, -0.05) is 0 Å². The number of nitrogen functional groups attached to an aromatic ring is 2. The third-order valence-corrected chi connectivity index (χ3v) is 2.57. The Morgan fingerprint density at radius 1 is 1.22 bits per heavy atom. The number of amides is 1. The predicted octanol–water partition coefficient (Wildman–Crippen LogP) is 2.12. The van der Waals surface area contributed by atoms with Crippen LogP contribution < -0.4 is 16.8 Å². The monoisotopic (exact) mass is 335 g/mol. The van der Waals surface area contributed by atoms with Crippen molar-refractivity contribution in [1.82, 2.24) is 15.3 Å². The number of halogens is 3. The van der Waals surface area contributed by atoms with Crippen LogP contribution in [0.5, 0.6) is 0 Å². The number of anilines is 2. The maximum Gasteiger partial charge on any atom is 0.421 e. The summed E-state index contributed by atoms with van der Waals surface area (Å²) >= 11 is 0. The number of alkyl carbamates (subject to hydrolysis) is 1. The Hall–Kier alpha value is -2.26. The summed E-state index contributed by atoms with van der Waals surface area (Å²) in [5.41, 5.74) is 8.58. The van der Waals surface area contributed by atoms with Gasteiger partial charge in [-0.3, -0.25) is 0 Å². The number of alkyl halides is 3. The van der Waals surface area contributed by atoms with Crippen LogP contribution in [0.25, 0.3) is 0 Å². The number of aromatic nitrogens is 2. The van der Waals surface area contributed by atoms with Crippen LogP contribution in [0.4, 0.5) is 29.7 Å². The molecule has 1 heterocycles. The Balaban J connectivity index is 2.67. The number of carbonyl (C=O) groups is 1. The second kappa shape index (κ2) is 6.88. The van der Waals surface area contributed by atoms with Crippen LogP contribution in [0, 0.1) is 0 Å². The van der Waals surface area contributed by atoms with E-state index in [1.54, 1.807) is 20.8 Å². The summed E-state index contributed by atoms with van der Waals surface area (Å²) in [6.07, 6.45) is -5.18. The molecule has 7 nitrogen and oxygen atoms in total. The highest BCUT2D eigenvalue weighted by atomic mass is 19.4. The average molecular weight is 335 g/mol. The molecule has 23 heavy (non-hydrogen) atoms. The standard InChI is InChI=1S/C13H20F3N5O2/c1-12(2,3)23-11(22)19-6-4-5-7-8(13(14,15)16)9(17)21-10(18)20-7/h4-6H2,1-3H3,(H,19,22)(H4,17,18,20,21). The Labute approximate surface area is 131 Å². The fourth-order valence-electron chi connectivity index (χ4n) is 1.80. The zero-order valence-electron chi connectivity index (χ0n) is 13.1. The molecule has 0 fully saturated rings. The fourth-order valence-corrected chi connectivity index (χ4v) is 1.80. The van der Waals surface area contributed by atoms with Crippen LogP contribution in [-0.4, -0.2) is 28.2 Å². The van der Waals surface area contributed by atoms with Gasteiger partial charge >= 0.3 is 12.3 Å². The van der Waals surface area contributed by atoms with Gasteiger partial charge in [-0.2, -0.15) is 18.2 Å². The molecule has 0 spiro atoms. The summed E-state index contributed by atoms with van der Waals surface area (Å²) in [6.45, 7) is 5.23. The first-order chi connectivity index (χ1) is 10.4. The topological polar surface area (TPSA) is 116 Å². The maximum absolute atomic E-state index is 13.0. The van der Waals surface area contributed by atoms with E-state index in [9.17, 15) is 18.0 Å². The molecule has 0 saturated heterocycles. The Morgan fingerprint density at radius 2 is 1.83 bits per heavy atom. The minimum atomic E-state index is -4.67. The zero-order chi connectivity index (χ0) is 17.8. The summed E-state index contributed by atoms with van der Waals surface area (Å²) in [5, 5.41) is 2.45. The first-order valence-corrected chi connectivity index (χ1v) is 6.86. The lowest BCUT2D eigenvalue weighted by molar-refractivity contribution is -0.138. The van der Waals surface area contributed by atoms with Gasteiger partial charge in [0, 0.05) is 6.54 Å². The van der Waals surface area contributed by atoms with Gasteiger partial charge in [-0.15, -0.1) is 0 Å². The molecule has 1 aromatic heterocycles. The number of hydrogen-bond acceptors (Lipinski definition) is 6. The SMILES string of the molecule is CC(C)(C)OC(=O)NCCCc1nc(N)nc(N)c1C(F)(F)F. The fraction of sp³-hybridized carbons (Fsp3) is 0.615. The van der Waals surface area contributed by atoms with Gasteiger partial charge in [0.1, 0.15) is 17.0 Å². The quantitative estimate of drug-likeness (QED) is 0.726. The van der Waals surface area contributed by atoms with Crippen LogP contribution >= 0.6 is 0 Å². The lowest BCUT2D eigenvalue weighted by Crippen LogP contribution is -2.33.